The maximum absolute atomic E-state index is 12.3. The summed E-state index contributed by atoms with van der Waals surface area (Å²) >= 11 is 9.39. The maximum atomic E-state index is 12.3. The minimum absolute atomic E-state index is 0.0537. The second kappa shape index (κ2) is 7.87. The van der Waals surface area contributed by atoms with Crippen molar-refractivity contribution in [1.29, 1.82) is 0 Å². The Morgan fingerprint density at radius 2 is 2.24 bits per heavy atom. The summed E-state index contributed by atoms with van der Waals surface area (Å²) < 4.78 is 2.46. The van der Waals surface area contributed by atoms with Crippen LogP contribution >= 0.6 is 46.0 Å². The van der Waals surface area contributed by atoms with Gasteiger partial charge in [-0.3, -0.25) is 9.36 Å². The zero-order chi connectivity index (χ0) is 20.8. The van der Waals surface area contributed by atoms with E-state index in [1.54, 1.807) is 0 Å². The number of nitrogens with two attached hydrogens (primary N) is 1. The van der Waals surface area contributed by atoms with Crippen molar-refractivity contribution in [2.24, 2.45) is 5.73 Å². The van der Waals surface area contributed by atoms with Gasteiger partial charge in [0.15, 0.2) is 17.0 Å². The van der Waals surface area contributed by atoms with E-state index in [9.17, 15) is 15.0 Å². The SMILES string of the molecule is NC(=O)C1(n2cnc3c(NCc4cccc(I)c4)nc(Cl)nc32)SCC(O)C1O. The summed E-state index contributed by atoms with van der Waals surface area (Å²) in [4.78, 5) is 23.4. The lowest BCUT2D eigenvalue weighted by Gasteiger charge is -2.30. The Labute approximate surface area is 188 Å². The predicted octanol–water partition coefficient (Wildman–Crippen LogP) is 1.30. The fourth-order valence-electron chi connectivity index (χ4n) is 3.27. The lowest BCUT2D eigenvalue weighted by atomic mass is 10.1. The van der Waals surface area contributed by atoms with Crippen LogP contribution in [0.4, 0.5) is 5.82 Å². The number of amides is 1. The van der Waals surface area contributed by atoms with E-state index in [4.69, 9.17) is 17.3 Å². The number of imidazole rings is 1. The van der Waals surface area contributed by atoms with Crippen molar-refractivity contribution in [3.05, 3.63) is 45.0 Å². The molecule has 0 aliphatic carbocycles. The smallest absolute Gasteiger partial charge is 0.257 e. The van der Waals surface area contributed by atoms with Gasteiger partial charge >= 0.3 is 0 Å². The van der Waals surface area contributed by atoms with E-state index in [1.807, 2.05) is 24.3 Å². The molecular formula is C17H16ClIN6O3S. The first-order chi connectivity index (χ1) is 13.8. The number of nitrogens with one attached hydrogen (secondary N) is 1. The van der Waals surface area contributed by atoms with Gasteiger partial charge in [0.1, 0.15) is 6.10 Å². The molecule has 12 heteroatoms. The molecule has 1 fully saturated rings. The number of aliphatic hydroxyl groups is 2. The van der Waals surface area contributed by atoms with Gasteiger partial charge in [0.25, 0.3) is 5.91 Å². The molecule has 1 amide bonds. The van der Waals surface area contributed by atoms with Crippen molar-refractivity contribution in [1.82, 2.24) is 19.5 Å². The quantitative estimate of drug-likeness (QED) is 0.277. The Bertz CT molecular complexity index is 1100. The maximum Gasteiger partial charge on any atom is 0.257 e. The third-order valence-corrected chi connectivity index (χ3v) is 7.10. The highest BCUT2D eigenvalue weighted by Crippen LogP contribution is 2.44. The monoisotopic (exact) mass is 546 g/mol. The van der Waals surface area contributed by atoms with Gasteiger partial charge < -0.3 is 21.3 Å². The largest absolute Gasteiger partial charge is 0.389 e. The third-order valence-electron chi connectivity index (χ3n) is 4.67. The molecule has 29 heavy (non-hydrogen) atoms. The molecule has 9 nitrogen and oxygen atoms in total. The second-order valence-electron chi connectivity index (χ2n) is 6.50. The molecule has 3 unspecified atom stereocenters. The van der Waals surface area contributed by atoms with Crippen LogP contribution in [0.1, 0.15) is 5.56 Å². The van der Waals surface area contributed by atoms with Crippen molar-refractivity contribution >= 4 is 68.8 Å². The number of aliphatic hydroxyl groups excluding tert-OH is 2. The van der Waals surface area contributed by atoms with Crippen LogP contribution in [-0.2, 0) is 16.2 Å². The number of carbonyl (C=O) groups is 1. The fraction of sp³-hybridized carbons (Fsp3) is 0.294. The number of hydrogen-bond donors (Lipinski definition) is 4. The molecule has 1 saturated heterocycles. The van der Waals surface area contributed by atoms with Gasteiger partial charge in [0.05, 0.1) is 12.4 Å². The molecule has 152 valence electrons. The number of aromatic nitrogens is 4. The number of nitrogens with zero attached hydrogens (tertiary/aromatic N) is 4. The van der Waals surface area contributed by atoms with Crippen LogP contribution in [0, 0.1) is 3.57 Å². The predicted molar refractivity (Wildman–Crippen MR) is 118 cm³/mol. The van der Waals surface area contributed by atoms with E-state index >= 15 is 0 Å². The molecule has 3 atom stereocenters. The summed E-state index contributed by atoms with van der Waals surface area (Å²) in [5.74, 6) is -0.287. The summed E-state index contributed by atoms with van der Waals surface area (Å²) in [7, 11) is 0. The minimum Gasteiger partial charge on any atom is -0.389 e. The van der Waals surface area contributed by atoms with Gasteiger partial charge in [-0.1, -0.05) is 12.1 Å². The third kappa shape index (κ3) is 3.54. The summed E-state index contributed by atoms with van der Waals surface area (Å²) in [6.45, 7) is 0.475. The fourth-order valence-corrected chi connectivity index (χ4v) is 5.39. The Morgan fingerprint density at radius 3 is 2.90 bits per heavy atom. The number of fused-ring (bicyclic) bond motifs is 1. The van der Waals surface area contributed by atoms with Gasteiger partial charge in [-0.15, -0.1) is 11.8 Å². The van der Waals surface area contributed by atoms with Crippen molar-refractivity contribution in [2.45, 2.75) is 23.6 Å². The molecule has 0 spiro atoms. The number of anilines is 1. The van der Waals surface area contributed by atoms with E-state index in [0.29, 0.717) is 17.9 Å². The summed E-state index contributed by atoms with van der Waals surface area (Å²) in [5.41, 5.74) is 7.26. The molecule has 0 bridgehead atoms. The molecule has 1 aliphatic rings. The number of primary amides is 1. The van der Waals surface area contributed by atoms with Crippen LogP contribution < -0.4 is 11.1 Å². The first kappa shape index (κ1) is 20.6. The summed E-state index contributed by atoms with van der Waals surface area (Å²) in [6, 6.07) is 7.95. The Balaban J connectivity index is 1.76. The van der Waals surface area contributed by atoms with Crippen LogP contribution in [0.15, 0.2) is 30.6 Å². The van der Waals surface area contributed by atoms with Gasteiger partial charge in [-0.25, -0.2) is 4.98 Å². The van der Waals surface area contributed by atoms with Crippen LogP contribution in [0.2, 0.25) is 5.28 Å². The highest BCUT2D eigenvalue weighted by molar-refractivity contribution is 14.1. The molecule has 2 aromatic heterocycles. The van der Waals surface area contributed by atoms with Gasteiger partial charge in [-0.05, 0) is 51.9 Å². The first-order valence-corrected chi connectivity index (χ1v) is 11.0. The number of hydrogen-bond acceptors (Lipinski definition) is 8. The van der Waals surface area contributed by atoms with Crippen molar-refractivity contribution in [3.8, 4) is 0 Å². The van der Waals surface area contributed by atoms with Gasteiger partial charge in [-0.2, -0.15) is 9.97 Å². The first-order valence-electron chi connectivity index (χ1n) is 8.52. The highest BCUT2D eigenvalue weighted by atomic mass is 127. The number of benzene rings is 1. The van der Waals surface area contributed by atoms with Gasteiger partial charge in [0.2, 0.25) is 10.2 Å². The lowest BCUT2D eigenvalue weighted by molar-refractivity contribution is -0.128. The second-order valence-corrected chi connectivity index (χ2v) is 9.32. The van der Waals surface area contributed by atoms with Crippen LogP contribution in [-0.4, -0.2) is 53.6 Å². The van der Waals surface area contributed by atoms with E-state index < -0.39 is 23.0 Å². The van der Waals surface area contributed by atoms with E-state index in [1.165, 1.54) is 10.9 Å². The molecular weight excluding hydrogens is 531 g/mol. The van der Waals surface area contributed by atoms with Gasteiger partial charge in [0, 0.05) is 15.9 Å². The lowest BCUT2D eigenvalue weighted by Crippen LogP contribution is -2.52. The Morgan fingerprint density at radius 1 is 1.45 bits per heavy atom. The highest BCUT2D eigenvalue weighted by Gasteiger charge is 2.55. The minimum atomic E-state index is -1.64. The zero-order valence-electron chi connectivity index (χ0n) is 14.8. The molecule has 4 rings (SSSR count). The van der Waals surface area contributed by atoms with E-state index in [-0.39, 0.29) is 16.7 Å². The molecule has 0 radical (unpaired) electrons. The number of rotatable bonds is 5. The van der Waals surface area contributed by atoms with Crippen molar-refractivity contribution < 1.29 is 15.0 Å². The molecule has 1 aromatic carbocycles. The molecule has 3 aromatic rings. The number of carbonyl (C=O) groups excluding carboxylic acids is 1. The Kier molecular flexibility index (Phi) is 5.59. The Hall–Kier alpha value is -1.67. The molecule has 5 N–H and O–H groups in total. The normalized spacial score (nSPS) is 24.1. The van der Waals surface area contributed by atoms with E-state index in [2.05, 4.69) is 42.9 Å². The average molecular weight is 547 g/mol. The van der Waals surface area contributed by atoms with Crippen LogP contribution in [0.25, 0.3) is 11.2 Å². The number of halogens is 2. The van der Waals surface area contributed by atoms with Crippen molar-refractivity contribution in [3.63, 3.8) is 0 Å². The standard InChI is InChI=1S/C17H16ClIN6O3S/c18-16-23-13(21-5-8-2-1-3-9(19)4-8)11-14(24-16)25(7-22-11)17(15(20)28)12(27)10(26)6-29-17/h1-4,7,10,12,26-27H,5-6H2,(H2,20,28)(H,21,23,24). The van der Waals surface area contributed by atoms with Crippen LogP contribution in [0.3, 0.4) is 0 Å². The molecule has 0 saturated carbocycles. The summed E-state index contributed by atoms with van der Waals surface area (Å²) in [5, 5.41) is 23.7. The number of thioether (sulfide) groups is 1. The zero-order valence-corrected chi connectivity index (χ0v) is 18.5. The topological polar surface area (TPSA) is 139 Å². The van der Waals surface area contributed by atoms with Crippen LogP contribution in [0.5, 0.6) is 0 Å². The average Bonchev–Trinajstić information content (AvgIpc) is 3.22. The molecule has 1 aliphatic heterocycles. The van der Waals surface area contributed by atoms with E-state index in [0.717, 1.165) is 20.9 Å². The molecule has 3 heterocycles. The van der Waals surface area contributed by atoms with Crippen molar-refractivity contribution in [2.75, 3.05) is 11.1 Å². The summed E-state index contributed by atoms with van der Waals surface area (Å²) in [6.07, 6.45) is -1.18.